The molecule has 2 aromatic heterocycles. The summed E-state index contributed by atoms with van der Waals surface area (Å²) in [4.78, 5) is 26.3. The molecule has 1 N–H and O–H groups in total. The fourth-order valence-corrected chi connectivity index (χ4v) is 1.73. The monoisotopic (exact) mass is 321 g/mol. The number of hydrogen-bond donors (Lipinski definition) is 1. The van der Waals surface area contributed by atoms with Gasteiger partial charge in [-0.3, -0.25) is 4.79 Å². The van der Waals surface area contributed by atoms with Crippen molar-refractivity contribution in [3.05, 3.63) is 40.9 Å². The van der Waals surface area contributed by atoms with E-state index in [0.717, 1.165) is 0 Å². The Labute approximate surface area is 119 Å². The highest BCUT2D eigenvalue weighted by atomic mass is 79.9. The van der Waals surface area contributed by atoms with Gasteiger partial charge in [0.25, 0.3) is 5.91 Å². The molecule has 2 rings (SSSR count). The Kier molecular flexibility index (Phi) is 4.06. The summed E-state index contributed by atoms with van der Waals surface area (Å²) in [6, 6.07) is 5.28. The summed E-state index contributed by atoms with van der Waals surface area (Å²) >= 11 is 3.21. The smallest absolute Gasteiger partial charge is 0.279 e. The van der Waals surface area contributed by atoms with Crippen molar-refractivity contribution in [3.8, 4) is 0 Å². The molecule has 0 saturated heterocycles. The van der Waals surface area contributed by atoms with Crippen molar-refractivity contribution in [1.82, 2.24) is 15.0 Å². The molecule has 2 heterocycles. The molecule has 0 aliphatic heterocycles. The molecule has 0 aromatic carbocycles. The van der Waals surface area contributed by atoms with Crippen LogP contribution >= 0.6 is 15.9 Å². The first-order chi connectivity index (χ1) is 9.08. The Morgan fingerprint density at radius 2 is 2.11 bits per heavy atom. The van der Waals surface area contributed by atoms with Gasteiger partial charge in [0.1, 0.15) is 10.4 Å². The Morgan fingerprint density at radius 1 is 1.32 bits per heavy atom. The van der Waals surface area contributed by atoms with E-state index in [1.165, 1.54) is 0 Å². The highest BCUT2D eigenvalue weighted by Crippen LogP contribution is 2.17. The van der Waals surface area contributed by atoms with Gasteiger partial charge < -0.3 is 10.2 Å². The van der Waals surface area contributed by atoms with Crippen LogP contribution in [0.5, 0.6) is 0 Å². The number of pyridine rings is 1. The van der Waals surface area contributed by atoms with Crippen LogP contribution in [0.25, 0.3) is 0 Å². The van der Waals surface area contributed by atoms with E-state index in [1.54, 1.807) is 49.6 Å². The number of nitrogens with one attached hydrogen (secondary N) is 1. The second kappa shape index (κ2) is 5.75. The number of carbonyl (C=O) groups is 1. The maximum atomic E-state index is 12.2. The summed E-state index contributed by atoms with van der Waals surface area (Å²) in [6.07, 6.45) is 3.15. The lowest BCUT2D eigenvalue weighted by molar-refractivity contribution is 0.102. The van der Waals surface area contributed by atoms with Gasteiger partial charge in [-0.2, -0.15) is 0 Å². The first kappa shape index (κ1) is 13.4. The zero-order valence-electron chi connectivity index (χ0n) is 10.5. The Hall–Kier alpha value is -2.02. The minimum Gasteiger partial charge on any atom is -0.361 e. The molecule has 0 atom stereocenters. The molecule has 0 aliphatic rings. The molecule has 0 unspecified atom stereocenters. The summed E-state index contributed by atoms with van der Waals surface area (Å²) in [5, 5.41) is 2.68. The van der Waals surface area contributed by atoms with Gasteiger partial charge in [-0.05, 0) is 28.1 Å². The van der Waals surface area contributed by atoms with Crippen LogP contribution in [-0.2, 0) is 0 Å². The van der Waals surface area contributed by atoms with E-state index in [-0.39, 0.29) is 11.6 Å². The number of anilines is 2. The van der Waals surface area contributed by atoms with E-state index in [0.29, 0.717) is 16.2 Å². The van der Waals surface area contributed by atoms with Gasteiger partial charge >= 0.3 is 0 Å². The van der Waals surface area contributed by atoms with Gasteiger partial charge in [-0.25, -0.2) is 15.0 Å². The van der Waals surface area contributed by atoms with Crippen LogP contribution in [0, 0.1) is 0 Å². The molecular weight excluding hydrogens is 310 g/mol. The molecule has 0 fully saturated rings. The predicted molar refractivity (Wildman–Crippen MR) is 76.2 cm³/mol. The van der Waals surface area contributed by atoms with Crippen LogP contribution in [0.4, 0.5) is 11.6 Å². The van der Waals surface area contributed by atoms with E-state index in [4.69, 9.17) is 0 Å². The number of hydrogen-bond acceptors (Lipinski definition) is 5. The first-order valence-electron chi connectivity index (χ1n) is 5.50. The number of amides is 1. The molecule has 0 spiro atoms. The number of nitrogens with zero attached hydrogens (tertiary/aromatic N) is 4. The lowest BCUT2D eigenvalue weighted by atomic mass is 10.3. The average Bonchev–Trinajstić information content (AvgIpc) is 2.39. The summed E-state index contributed by atoms with van der Waals surface area (Å²) < 4.78 is 0.504. The summed E-state index contributed by atoms with van der Waals surface area (Å²) in [5.74, 6) is 0.617. The Balaban J connectivity index is 2.30. The topological polar surface area (TPSA) is 71.0 Å². The minimum absolute atomic E-state index is 0.241. The number of rotatable bonds is 3. The molecule has 0 bridgehead atoms. The fourth-order valence-electron chi connectivity index (χ4n) is 1.45. The van der Waals surface area contributed by atoms with Gasteiger partial charge in [0.15, 0.2) is 11.5 Å². The molecule has 0 saturated carbocycles. The van der Waals surface area contributed by atoms with Crippen molar-refractivity contribution in [3.63, 3.8) is 0 Å². The summed E-state index contributed by atoms with van der Waals surface area (Å²) in [5.41, 5.74) is 0.241. The Morgan fingerprint density at radius 3 is 2.74 bits per heavy atom. The standard InChI is InChI=1S/C12H12BrN5O/c1-18(2)11-10(16-8(13)7-15-11)12(19)17-9-5-3-4-6-14-9/h3-7H,1-2H3,(H,14,17,19). The number of halogens is 1. The van der Waals surface area contributed by atoms with Gasteiger partial charge in [0, 0.05) is 20.3 Å². The predicted octanol–water partition coefficient (Wildman–Crippen LogP) is 1.95. The van der Waals surface area contributed by atoms with Crippen LogP contribution in [-0.4, -0.2) is 35.0 Å². The third-order valence-corrected chi connectivity index (χ3v) is 2.65. The summed E-state index contributed by atoms with van der Waals surface area (Å²) in [7, 11) is 3.60. The van der Waals surface area contributed by atoms with Crippen LogP contribution in [0.1, 0.15) is 10.5 Å². The molecule has 2 aromatic rings. The van der Waals surface area contributed by atoms with Crippen LogP contribution in [0.3, 0.4) is 0 Å². The molecular formula is C12H12BrN5O. The maximum Gasteiger partial charge on any atom is 0.279 e. The summed E-state index contributed by atoms with van der Waals surface area (Å²) in [6.45, 7) is 0. The van der Waals surface area contributed by atoms with Gasteiger partial charge in [-0.15, -0.1) is 0 Å². The molecule has 1 amide bonds. The highest BCUT2D eigenvalue weighted by Gasteiger charge is 2.17. The minimum atomic E-state index is -0.351. The van der Waals surface area contributed by atoms with Crippen LogP contribution < -0.4 is 10.2 Å². The first-order valence-corrected chi connectivity index (χ1v) is 6.29. The second-order valence-corrected chi connectivity index (χ2v) is 4.74. The number of carbonyl (C=O) groups excluding carboxylic acids is 1. The quantitative estimate of drug-likeness (QED) is 0.935. The van der Waals surface area contributed by atoms with Gasteiger partial charge in [-0.1, -0.05) is 6.07 Å². The fraction of sp³-hybridized carbons (Fsp3) is 0.167. The van der Waals surface area contributed by atoms with E-state index >= 15 is 0 Å². The lowest BCUT2D eigenvalue weighted by Crippen LogP contribution is -2.21. The van der Waals surface area contributed by atoms with Crippen molar-refractivity contribution in [2.45, 2.75) is 0 Å². The van der Waals surface area contributed by atoms with E-state index < -0.39 is 0 Å². The van der Waals surface area contributed by atoms with E-state index in [9.17, 15) is 4.79 Å². The molecule has 19 heavy (non-hydrogen) atoms. The molecule has 0 radical (unpaired) electrons. The van der Waals surface area contributed by atoms with Crippen LogP contribution in [0.2, 0.25) is 0 Å². The molecule has 0 aliphatic carbocycles. The number of aromatic nitrogens is 3. The third-order valence-electron chi connectivity index (χ3n) is 2.27. The van der Waals surface area contributed by atoms with Crippen molar-refractivity contribution in [1.29, 1.82) is 0 Å². The molecule has 6 nitrogen and oxygen atoms in total. The normalized spacial score (nSPS) is 10.1. The SMILES string of the molecule is CN(C)c1ncc(Br)nc1C(=O)Nc1ccccn1. The Bertz CT molecular complexity index is 588. The second-order valence-electron chi connectivity index (χ2n) is 3.93. The van der Waals surface area contributed by atoms with Crippen molar-refractivity contribution >= 4 is 33.5 Å². The maximum absolute atomic E-state index is 12.2. The van der Waals surface area contributed by atoms with Gasteiger partial charge in [0.2, 0.25) is 0 Å². The lowest BCUT2D eigenvalue weighted by Gasteiger charge is -2.14. The van der Waals surface area contributed by atoms with E-state index in [1.807, 2.05) is 0 Å². The third kappa shape index (κ3) is 3.25. The average molecular weight is 322 g/mol. The molecule has 7 heteroatoms. The van der Waals surface area contributed by atoms with Crippen molar-refractivity contribution in [2.75, 3.05) is 24.3 Å². The van der Waals surface area contributed by atoms with Crippen LogP contribution in [0.15, 0.2) is 35.2 Å². The highest BCUT2D eigenvalue weighted by molar-refractivity contribution is 9.10. The van der Waals surface area contributed by atoms with Crippen molar-refractivity contribution in [2.24, 2.45) is 0 Å². The van der Waals surface area contributed by atoms with Gasteiger partial charge in [0.05, 0.1) is 6.20 Å². The van der Waals surface area contributed by atoms with Crippen molar-refractivity contribution < 1.29 is 4.79 Å². The van der Waals surface area contributed by atoms with E-state index in [2.05, 4.69) is 36.2 Å². The largest absolute Gasteiger partial charge is 0.361 e. The molecule has 98 valence electrons. The zero-order chi connectivity index (χ0) is 13.8. The zero-order valence-corrected chi connectivity index (χ0v) is 12.0.